The molecule has 0 rings (SSSR count). The summed E-state index contributed by atoms with van der Waals surface area (Å²) in [6.45, 7) is 3.27. The first-order valence-electron chi connectivity index (χ1n) is 23.9. The topological polar surface area (TPSA) is 132 Å². The minimum Gasteiger partial charge on any atom is -0.457 e. The van der Waals surface area contributed by atoms with Crippen LogP contribution in [0.2, 0.25) is 0 Å². The molecule has 0 aromatic rings. The number of unbranched alkanes of at least 4 members (excludes halogenated alkanes) is 12. The van der Waals surface area contributed by atoms with Crippen LogP contribution in [-0.2, 0) is 27.9 Å². The third kappa shape index (κ3) is 46.6. The smallest absolute Gasteiger partial charge is 0.457 e. The van der Waals surface area contributed by atoms with Crippen LogP contribution in [0.4, 0.5) is 0 Å². The summed E-state index contributed by atoms with van der Waals surface area (Å²) in [5, 5.41) is 18.4. The Hall–Kier alpha value is -2.88. The molecule has 62 heavy (non-hydrogen) atoms. The van der Waals surface area contributed by atoms with Gasteiger partial charge in [-0.05, 0) is 96.3 Å². The predicted molar refractivity (Wildman–Crippen MR) is 260 cm³/mol. The Bertz CT molecular complexity index is 1330. The Morgan fingerprint density at radius 2 is 0.919 bits per heavy atom. The van der Waals surface area contributed by atoms with Crippen molar-refractivity contribution in [3.05, 3.63) is 109 Å². The number of aliphatic hydroxyl groups is 2. The SMILES string of the molecule is CC/C=C\C/C=C\C/C=C\C/C=C\C/C=C\C/C=C\C/C=C\CCCC(=O)OC(COCCCCCCCCCC/C=C\C/C=C\CCCCC)COP(=O)(O)OCC(O)CO. The predicted octanol–water partition coefficient (Wildman–Crippen LogP) is 13.8. The highest BCUT2D eigenvalue weighted by molar-refractivity contribution is 7.47. The number of aliphatic hydroxyl groups excluding tert-OH is 2. The molecule has 9 nitrogen and oxygen atoms in total. The van der Waals surface area contributed by atoms with Gasteiger partial charge in [0.2, 0.25) is 0 Å². The van der Waals surface area contributed by atoms with Crippen molar-refractivity contribution in [3.63, 3.8) is 0 Å². The van der Waals surface area contributed by atoms with Gasteiger partial charge in [-0.3, -0.25) is 13.8 Å². The molecule has 354 valence electrons. The second kappa shape index (κ2) is 47.6. The van der Waals surface area contributed by atoms with Crippen molar-refractivity contribution >= 4 is 13.8 Å². The van der Waals surface area contributed by atoms with Gasteiger partial charge < -0.3 is 24.6 Å². The van der Waals surface area contributed by atoms with Gasteiger partial charge in [0.1, 0.15) is 12.2 Å². The molecule has 0 spiro atoms. The lowest BCUT2D eigenvalue weighted by molar-refractivity contribution is -0.154. The van der Waals surface area contributed by atoms with E-state index in [1.54, 1.807) is 0 Å². The molecule has 0 saturated carbocycles. The number of ether oxygens (including phenoxy) is 2. The van der Waals surface area contributed by atoms with E-state index in [-0.39, 0.29) is 13.0 Å². The van der Waals surface area contributed by atoms with E-state index in [4.69, 9.17) is 23.6 Å². The summed E-state index contributed by atoms with van der Waals surface area (Å²) in [5.41, 5.74) is 0. The Balaban J connectivity index is 4.28. The number of allylic oxidation sites excluding steroid dienone is 18. The number of rotatable bonds is 44. The van der Waals surface area contributed by atoms with E-state index >= 15 is 0 Å². The molecule has 0 aliphatic heterocycles. The summed E-state index contributed by atoms with van der Waals surface area (Å²) in [6.07, 6.45) is 62.0. The number of esters is 1. The van der Waals surface area contributed by atoms with Crippen LogP contribution in [-0.4, -0.2) is 66.3 Å². The fraction of sp³-hybridized carbons (Fsp3) is 0.635. The monoisotopic (exact) mass is 887 g/mol. The summed E-state index contributed by atoms with van der Waals surface area (Å²) >= 11 is 0. The Labute approximate surface area is 378 Å². The van der Waals surface area contributed by atoms with E-state index in [1.807, 2.05) is 6.08 Å². The summed E-state index contributed by atoms with van der Waals surface area (Å²) in [4.78, 5) is 22.6. The van der Waals surface area contributed by atoms with Gasteiger partial charge in [-0.2, -0.15) is 0 Å². The third-order valence-electron chi connectivity index (χ3n) is 9.44. The molecule has 10 heteroatoms. The Morgan fingerprint density at radius 3 is 1.39 bits per heavy atom. The molecule has 0 fully saturated rings. The lowest BCUT2D eigenvalue weighted by Crippen LogP contribution is -2.29. The zero-order valence-corrected chi connectivity index (χ0v) is 39.7. The van der Waals surface area contributed by atoms with Gasteiger partial charge in [-0.1, -0.05) is 175 Å². The highest BCUT2D eigenvalue weighted by Gasteiger charge is 2.26. The molecule has 0 heterocycles. The molecule has 0 saturated heterocycles. The summed E-state index contributed by atoms with van der Waals surface area (Å²) in [6, 6.07) is 0. The summed E-state index contributed by atoms with van der Waals surface area (Å²) < 4.78 is 33.4. The number of phosphoric ester groups is 1. The van der Waals surface area contributed by atoms with Crippen LogP contribution >= 0.6 is 7.82 Å². The maximum Gasteiger partial charge on any atom is 0.472 e. The van der Waals surface area contributed by atoms with E-state index in [1.165, 1.54) is 57.8 Å². The number of hydrogen-bond donors (Lipinski definition) is 3. The standard InChI is InChI=1S/C52H87O9P/c1-3-5-7-9-11-13-15-17-19-21-23-24-25-26-27-28-30-32-34-36-38-40-42-44-52(55)61-51(49-60-62(56,57)59-47-50(54)46-53)48-58-45-43-41-39-37-35-33-31-29-22-20-18-16-14-12-10-8-6-4-2/h5,7,11-14,17-20,23-24,26-27,30,32,36,38,50-51,53-54H,3-4,6,8-10,15-16,21-22,25,28-29,31,33-35,37,39-49H2,1-2H3,(H,56,57)/b7-5-,13-11-,14-12-,19-17-,20-18-,24-23-,27-26-,32-30-,38-36-. The molecule has 0 amide bonds. The minimum absolute atomic E-state index is 0.0144. The van der Waals surface area contributed by atoms with Gasteiger partial charge >= 0.3 is 13.8 Å². The average molecular weight is 887 g/mol. The Kier molecular flexibility index (Phi) is 45.4. The van der Waals surface area contributed by atoms with Crippen molar-refractivity contribution in [2.24, 2.45) is 0 Å². The highest BCUT2D eigenvalue weighted by atomic mass is 31.2. The summed E-state index contributed by atoms with van der Waals surface area (Å²) in [7, 11) is -4.55. The van der Waals surface area contributed by atoms with Crippen molar-refractivity contribution in [2.75, 3.05) is 33.0 Å². The Morgan fingerprint density at radius 1 is 0.516 bits per heavy atom. The van der Waals surface area contributed by atoms with Crippen molar-refractivity contribution in [3.8, 4) is 0 Å². The third-order valence-corrected chi connectivity index (χ3v) is 10.4. The van der Waals surface area contributed by atoms with E-state index < -0.39 is 45.8 Å². The zero-order chi connectivity index (χ0) is 45.3. The zero-order valence-electron chi connectivity index (χ0n) is 38.8. The van der Waals surface area contributed by atoms with Crippen LogP contribution in [0.5, 0.6) is 0 Å². The van der Waals surface area contributed by atoms with Gasteiger partial charge in [0.05, 0.1) is 26.4 Å². The molecule has 3 atom stereocenters. The highest BCUT2D eigenvalue weighted by Crippen LogP contribution is 2.43. The van der Waals surface area contributed by atoms with Crippen molar-refractivity contribution < 1.29 is 43.0 Å². The van der Waals surface area contributed by atoms with E-state index in [0.29, 0.717) is 13.0 Å². The van der Waals surface area contributed by atoms with Crippen molar-refractivity contribution in [1.29, 1.82) is 0 Å². The van der Waals surface area contributed by atoms with Crippen LogP contribution in [0.15, 0.2) is 109 Å². The van der Waals surface area contributed by atoms with Crippen molar-refractivity contribution in [1.82, 2.24) is 0 Å². The van der Waals surface area contributed by atoms with Crippen molar-refractivity contribution in [2.45, 2.75) is 180 Å². The molecule has 0 radical (unpaired) electrons. The molecular formula is C52H87O9P. The first-order chi connectivity index (χ1) is 30.3. The fourth-order valence-electron chi connectivity index (χ4n) is 5.84. The van der Waals surface area contributed by atoms with E-state index in [0.717, 1.165) is 83.5 Å². The number of phosphoric acid groups is 1. The fourth-order valence-corrected chi connectivity index (χ4v) is 6.63. The first-order valence-corrected chi connectivity index (χ1v) is 25.4. The van der Waals surface area contributed by atoms with Crippen LogP contribution in [0, 0.1) is 0 Å². The second-order valence-corrected chi connectivity index (χ2v) is 16.8. The van der Waals surface area contributed by atoms with Gasteiger partial charge in [-0.15, -0.1) is 0 Å². The van der Waals surface area contributed by atoms with Gasteiger partial charge in [0.25, 0.3) is 0 Å². The largest absolute Gasteiger partial charge is 0.472 e. The molecule has 0 aromatic heterocycles. The van der Waals surface area contributed by atoms with E-state index in [9.17, 15) is 19.4 Å². The molecule has 0 aliphatic rings. The molecule has 3 unspecified atom stereocenters. The lowest BCUT2D eigenvalue weighted by atomic mass is 10.1. The van der Waals surface area contributed by atoms with Crippen LogP contribution in [0.25, 0.3) is 0 Å². The maximum absolute atomic E-state index is 12.6. The molecule has 0 aromatic carbocycles. The number of hydrogen-bond acceptors (Lipinski definition) is 8. The summed E-state index contributed by atoms with van der Waals surface area (Å²) in [5.74, 6) is -0.446. The lowest BCUT2D eigenvalue weighted by Gasteiger charge is -2.20. The normalized spacial score (nSPS) is 14.9. The van der Waals surface area contributed by atoms with E-state index in [2.05, 4.69) is 117 Å². The molecule has 0 aliphatic carbocycles. The quantitative estimate of drug-likeness (QED) is 0.0237. The average Bonchev–Trinajstić information content (AvgIpc) is 3.26. The number of carbonyl (C=O) groups is 1. The second-order valence-electron chi connectivity index (χ2n) is 15.4. The maximum atomic E-state index is 12.6. The molecule has 0 bridgehead atoms. The van der Waals surface area contributed by atoms with Gasteiger partial charge in [-0.25, -0.2) is 4.57 Å². The molecule has 3 N–H and O–H groups in total. The minimum atomic E-state index is -4.55. The first kappa shape index (κ1) is 59.1. The molecular weight excluding hydrogens is 800 g/mol. The van der Waals surface area contributed by atoms with Crippen LogP contribution in [0.1, 0.15) is 168 Å². The van der Waals surface area contributed by atoms with Gasteiger partial charge in [0.15, 0.2) is 0 Å². The van der Waals surface area contributed by atoms with Gasteiger partial charge in [0, 0.05) is 13.0 Å². The number of carbonyl (C=O) groups excluding carboxylic acids is 1. The van der Waals surface area contributed by atoms with Crippen LogP contribution in [0.3, 0.4) is 0 Å². The van der Waals surface area contributed by atoms with Crippen LogP contribution < -0.4 is 0 Å².